The van der Waals surface area contributed by atoms with E-state index in [9.17, 15) is 14.7 Å². The highest BCUT2D eigenvalue weighted by Crippen LogP contribution is 2.48. The Morgan fingerprint density at radius 3 is 2.74 bits per heavy atom. The van der Waals surface area contributed by atoms with Gasteiger partial charge in [0.15, 0.2) is 5.78 Å². The van der Waals surface area contributed by atoms with Crippen LogP contribution < -0.4 is 5.32 Å². The van der Waals surface area contributed by atoms with E-state index < -0.39 is 11.9 Å². The van der Waals surface area contributed by atoms with Gasteiger partial charge in [-0.1, -0.05) is 29.8 Å². The van der Waals surface area contributed by atoms with Crippen LogP contribution in [0, 0.1) is 5.41 Å². The third-order valence-corrected chi connectivity index (χ3v) is 5.53. The first-order chi connectivity index (χ1) is 12.6. The minimum Gasteiger partial charge on any atom is -0.508 e. The average Bonchev–Trinajstić information content (AvgIpc) is 2.54. The lowest BCUT2D eigenvalue weighted by Crippen LogP contribution is -2.38. The topological polar surface area (TPSA) is 75.6 Å². The SMILES string of the molecule is CCOC(=O)C1=C(C)NC2=C(C(=O)CC(C)(C)C2)[C@H]1c1cc(Br)ccc1O. The third kappa shape index (κ3) is 3.68. The van der Waals surface area contributed by atoms with E-state index in [0.717, 1.165) is 10.2 Å². The van der Waals surface area contributed by atoms with Crippen molar-refractivity contribution in [2.75, 3.05) is 6.61 Å². The second kappa shape index (κ2) is 7.15. The second-order valence-corrected chi connectivity index (χ2v) is 8.77. The number of rotatable bonds is 3. The molecule has 1 aliphatic carbocycles. The lowest BCUT2D eigenvalue weighted by molar-refractivity contribution is -0.138. The molecule has 144 valence electrons. The van der Waals surface area contributed by atoms with Crippen LogP contribution in [0.15, 0.2) is 45.2 Å². The van der Waals surface area contributed by atoms with Crippen molar-refractivity contribution in [1.82, 2.24) is 5.32 Å². The fourth-order valence-electron chi connectivity index (χ4n) is 3.98. The molecule has 2 aliphatic rings. The van der Waals surface area contributed by atoms with E-state index in [1.165, 1.54) is 0 Å². The summed E-state index contributed by atoms with van der Waals surface area (Å²) in [5.74, 6) is -1.09. The smallest absolute Gasteiger partial charge is 0.336 e. The van der Waals surface area contributed by atoms with Crippen molar-refractivity contribution in [3.05, 3.63) is 50.8 Å². The van der Waals surface area contributed by atoms with E-state index in [1.807, 2.05) is 6.92 Å². The Labute approximate surface area is 167 Å². The number of hydrogen-bond donors (Lipinski definition) is 2. The van der Waals surface area contributed by atoms with Gasteiger partial charge in [-0.05, 0) is 43.9 Å². The zero-order valence-corrected chi connectivity index (χ0v) is 17.6. The molecule has 0 aromatic heterocycles. The summed E-state index contributed by atoms with van der Waals surface area (Å²) in [6, 6.07) is 5.05. The molecule has 27 heavy (non-hydrogen) atoms. The van der Waals surface area contributed by atoms with Gasteiger partial charge >= 0.3 is 5.97 Å². The summed E-state index contributed by atoms with van der Waals surface area (Å²) in [4.78, 5) is 25.8. The zero-order chi connectivity index (χ0) is 19.9. The molecule has 0 saturated carbocycles. The number of aromatic hydroxyl groups is 1. The molecule has 2 N–H and O–H groups in total. The highest BCUT2D eigenvalue weighted by atomic mass is 79.9. The van der Waals surface area contributed by atoms with Crippen LogP contribution in [0.5, 0.6) is 5.75 Å². The van der Waals surface area contributed by atoms with Crippen LogP contribution in [0.1, 0.15) is 52.0 Å². The molecule has 1 heterocycles. The van der Waals surface area contributed by atoms with Crippen LogP contribution in [0.3, 0.4) is 0 Å². The molecule has 0 amide bonds. The maximum absolute atomic E-state index is 13.1. The normalized spacial score (nSPS) is 21.7. The summed E-state index contributed by atoms with van der Waals surface area (Å²) in [6.45, 7) is 7.90. The van der Waals surface area contributed by atoms with E-state index >= 15 is 0 Å². The van der Waals surface area contributed by atoms with Gasteiger partial charge in [0.05, 0.1) is 18.1 Å². The summed E-state index contributed by atoms with van der Waals surface area (Å²) in [5.41, 5.74) is 2.77. The number of carbonyl (C=O) groups is 2. The summed E-state index contributed by atoms with van der Waals surface area (Å²) < 4.78 is 6.03. The van der Waals surface area contributed by atoms with Gasteiger partial charge in [-0.25, -0.2) is 4.79 Å². The largest absolute Gasteiger partial charge is 0.508 e. The molecule has 1 aromatic rings. The molecule has 0 bridgehead atoms. The summed E-state index contributed by atoms with van der Waals surface area (Å²) in [7, 11) is 0. The Kier molecular flexibility index (Phi) is 5.21. The standard InChI is InChI=1S/C21H24BrNO4/c1-5-27-20(26)17-11(2)23-14-9-21(3,4)10-16(25)19(14)18(17)13-8-12(22)6-7-15(13)24/h6-8,18,23-24H,5,9-10H2,1-4H3/t18-/m0/s1. The van der Waals surface area contributed by atoms with Gasteiger partial charge < -0.3 is 15.2 Å². The average molecular weight is 434 g/mol. The number of allylic oxidation sites excluding steroid dienone is 3. The molecular weight excluding hydrogens is 410 g/mol. The first-order valence-corrected chi connectivity index (χ1v) is 9.83. The number of benzene rings is 1. The number of carbonyl (C=O) groups excluding carboxylic acids is 2. The first-order valence-electron chi connectivity index (χ1n) is 9.04. The Morgan fingerprint density at radius 2 is 2.07 bits per heavy atom. The monoisotopic (exact) mass is 433 g/mol. The van der Waals surface area contributed by atoms with Gasteiger partial charge in [-0.3, -0.25) is 4.79 Å². The van der Waals surface area contributed by atoms with Crippen LogP contribution >= 0.6 is 15.9 Å². The van der Waals surface area contributed by atoms with E-state index in [2.05, 4.69) is 35.1 Å². The zero-order valence-electron chi connectivity index (χ0n) is 16.0. The van der Waals surface area contributed by atoms with Crippen LogP contribution in [-0.4, -0.2) is 23.5 Å². The Balaban J connectivity index is 2.24. The number of Topliss-reactive ketones (excluding diaryl/α,β-unsaturated/α-hetero) is 1. The number of nitrogens with one attached hydrogen (secondary N) is 1. The lowest BCUT2D eigenvalue weighted by atomic mass is 9.68. The molecule has 5 nitrogen and oxygen atoms in total. The fourth-order valence-corrected chi connectivity index (χ4v) is 4.36. The predicted octanol–water partition coefficient (Wildman–Crippen LogP) is 4.32. The summed E-state index contributed by atoms with van der Waals surface area (Å²) in [5, 5.41) is 13.8. The third-order valence-electron chi connectivity index (χ3n) is 5.04. The minimum atomic E-state index is -0.651. The number of esters is 1. The maximum Gasteiger partial charge on any atom is 0.336 e. The van der Waals surface area contributed by atoms with Crippen molar-refractivity contribution in [2.45, 2.75) is 46.5 Å². The van der Waals surface area contributed by atoms with Crippen molar-refractivity contribution in [2.24, 2.45) is 5.41 Å². The van der Waals surface area contributed by atoms with Gasteiger partial charge in [0.1, 0.15) is 5.75 Å². The molecule has 1 atom stereocenters. The first kappa shape index (κ1) is 19.7. The summed E-state index contributed by atoms with van der Waals surface area (Å²) in [6.07, 6.45) is 1.10. The number of phenolic OH excluding ortho intramolecular Hbond substituents is 1. The van der Waals surface area contributed by atoms with Crippen LogP contribution in [0.25, 0.3) is 0 Å². The Hall–Kier alpha value is -2.08. The van der Waals surface area contributed by atoms with Crippen molar-refractivity contribution in [3.8, 4) is 5.75 Å². The maximum atomic E-state index is 13.1. The van der Waals surface area contributed by atoms with Crippen molar-refractivity contribution >= 4 is 27.7 Å². The van der Waals surface area contributed by atoms with Gasteiger partial charge in [-0.2, -0.15) is 0 Å². The molecule has 1 aliphatic heterocycles. The molecule has 1 aromatic carbocycles. The Bertz CT molecular complexity index is 882. The number of ether oxygens (including phenoxy) is 1. The summed E-state index contributed by atoms with van der Waals surface area (Å²) >= 11 is 3.43. The van der Waals surface area contributed by atoms with Gasteiger partial charge in [-0.15, -0.1) is 0 Å². The van der Waals surface area contributed by atoms with Gasteiger partial charge in [0.25, 0.3) is 0 Å². The molecule has 6 heteroatoms. The van der Waals surface area contributed by atoms with E-state index in [4.69, 9.17) is 4.74 Å². The van der Waals surface area contributed by atoms with Crippen molar-refractivity contribution in [3.63, 3.8) is 0 Å². The molecule has 0 spiro atoms. The van der Waals surface area contributed by atoms with Crippen LogP contribution in [0.2, 0.25) is 0 Å². The highest BCUT2D eigenvalue weighted by molar-refractivity contribution is 9.10. The quantitative estimate of drug-likeness (QED) is 0.693. The van der Waals surface area contributed by atoms with E-state index in [-0.39, 0.29) is 23.6 Å². The van der Waals surface area contributed by atoms with Crippen LogP contribution in [-0.2, 0) is 14.3 Å². The highest BCUT2D eigenvalue weighted by Gasteiger charge is 2.43. The number of halogens is 1. The molecule has 0 fully saturated rings. The van der Waals surface area contributed by atoms with E-state index in [1.54, 1.807) is 25.1 Å². The van der Waals surface area contributed by atoms with Crippen LogP contribution in [0.4, 0.5) is 0 Å². The lowest BCUT2D eigenvalue weighted by Gasteiger charge is -2.39. The van der Waals surface area contributed by atoms with Crippen molar-refractivity contribution < 1.29 is 19.4 Å². The van der Waals surface area contributed by atoms with Gasteiger partial charge in [0, 0.05) is 33.4 Å². The predicted molar refractivity (Wildman–Crippen MR) is 106 cm³/mol. The molecular formula is C21H24BrNO4. The molecule has 3 rings (SSSR count). The second-order valence-electron chi connectivity index (χ2n) is 7.85. The van der Waals surface area contributed by atoms with E-state index in [0.29, 0.717) is 35.2 Å². The Morgan fingerprint density at radius 1 is 1.37 bits per heavy atom. The number of dihydropyridines is 1. The molecule has 0 radical (unpaired) electrons. The minimum absolute atomic E-state index is 0.00701. The fraction of sp³-hybridized carbons (Fsp3) is 0.429. The number of phenols is 1. The molecule has 0 unspecified atom stereocenters. The number of ketones is 1. The molecule has 0 saturated heterocycles. The van der Waals surface area contributed by atoms with Crippen molar-refractivity contribution in [1.29, 1.82) is 0 Å². The number of hydrogen-bond acceptors (Lipinski definition) is 5. The van der Waals surface area contributed by atoms with Gasteiger partial charge in [0.2, 0.25) is 0 Å².